The van der Waals surface area contributed by atoms with Gasteiger partial charge in [0.25, 0.3) is 0 Å². The molecule has 1 heteroatoms. The Hall–Kier alpha value is -1.24. The summed E-state index contributed by atoms with van der Waals surface area (Å²) in [5, 5.41) is 0. The largest absolute Gasteiger partial charge is 0.404 e. The molecule has 0 spiro atoms. The van der Waals surface area contributed by atoms with E-state index in [1.54, 1.807) is 6.20 Å². The third kappa shape index (κ3) is 1.84. The van der Waals surface area contributed by atoms with Crippen molar-refractivity contribution in [3.05, 3.63) is 41.6 Å². The molecule has 0 aromatic heterocycles. The minimum absolute atomic E-state index is 1.12. The van der Waals surface area contributed by atoms with Gasteiger partial charge in [0.05, 0.1) is 0 Å². The van der Waals surface area contributed by atoms with Gasteiger partial charge in [0, 0.05) is 0 Å². The van der Waals surface area contributed by atoms with Crippen LogP contribution in [0.15, 0.2) is 30.5 Å². The molecule has 0 atom stereocenters. The summed E-state index contributed by atoms with van der Waals surface area (Å²) in [5.74, 6) is 0. The van der Waals surface area contributed by atoms with Crippen molar-refractivity contribution in [1.29, 1.82) is 0 Å². The zero-order chi connectivity index (χ0) is 8.27. The molecule has 1 rings (SSSR count). The molecule has 0 aliphatic carbocycles. The van der Waals surface area contributed by atoms with E-state index in [4.69, 9.17) is 5.73 Å². The summed E-state index contributed by atoms with van der Waals surface area (Å²) in [4.78, 5) is 0. The van der Waals surface area contributed by atoms with Gasteiger partial charge in [-0.2, -0.15) is 0 Å². The van der Waals surface area contributed by atoms with Gasteiger partial charge in [0.2, 0.25) is 0 Å². The van der Waals surface area contributed by atoms with Crippen LogP contribution in [-0.2, 0) is 0 Å². The highest BCUT2D eigenvalue weighted by molar-refractivity contribution is 5.63. The minimum atomic E-state index is 1.12. The Bertz CT molecular complexity index is 257. The lowest BCUT2D eigenvalue weighted by molar-refractivity contribution is 1.43. The predicted molar refractivity (Wildman–Crippen MR) is 49.0 cm³/mol. The van der Waals surface area contributed by atoms with E-state index in [1.807, 2.05) is 6.92 Å². The third-order valence-corrected chi connectivity index (χ3v) is 1.76. The van der Waals surface area contributed by atoms with Crippen molar-refractivity contribution in [3.63, 3.8) is 0 Å². The summed E-state index contributed by atoms with van der Waals surface area (Å²) < 4.78 is 0. The quantitative estimate of drug-likeness (QED) is 0.648. The van der Waals surface area contributed by atoms with E-state index in [1.165, 1.54) is 11.1 Å². The first-order valence-electron chi connectivity index (χ1n) is 3.69. The van der Waals surface area contributed by atoms with Crippen LogP contribution < -0.4 is 5.73 Å². The van der Waals surface area contributed by atoms with Gasteiger partial charge < -0.3 is 5.73 Å². The summed E-state index contributed by atoms with van der Waals surface area (Å²) in [5.41, 5.74) is 8.96. The van der Waals surface area contributed by atoms with Crippen molar-refractivity contribution in [1.82, 2.24) is 0 Å². The number of hydrogen-bond acceptors (Lipinski definition) is 1. The summed E-state index contributed by atoms with van der Waals surface area (Å²) in [7, 11) is 0. The summed E-state index contributed by atoms with van der Waals surface area (Å²) >= 11 is 0. The lowest BCUT2D eigenvalue weighted by Crippen LogP contribution is -1.84. The number of benzene rings is 1. The molecule has 0 fully saturated rings. The van der Waals surface area contributed by atoms with Crippen molar-refractivity contribution < 1.29 is 0 Å². The van der Waals surface area contributed by atoms with E-state index in [9.17, 15) is 0 Å². The Kier molecular flexibility index (Phi) is 2.32. The van der Waals surface area contributed by atoms with E-state index >= 15 is 0 Å². The third-order valence-electron chi connectivity index (χ3n) is 1.76. The maximum atomic E-state index is 5.38. The number of hydrogen-bond donors (Lipinski definition) is 1. The lowest BCUT2D eigenvalue weighted by Gasteiger charge is -1.99. The molecule has 1 nitrogen and oxygen atoms in total. The molecular weight excluding hydrogens is 134 g/mol. The van der Waals surface area contributed by atoms with Crippen LogP contribution in [0.4, 0.5) is 0 Å². The van der Waals surface area contributed by atoms with Crippen molar-refractivity contribution in [2.75, 3.05) is 0 Å². The van der Waals surface area contributed by atoms with Crippen LogP contribution in [0, 0.1) is 6.92 Å². The van der Waals surface area contributed by atoms with Gasteiger partial charge in [-0.25, -0.2) is 0 Å². The Morgan fingerprint density at radius 3 is 2.27 bits per heavy atom. The average molecular weight is 147 g/mol. The van der Waals surface area contributed by atoms with Crippen LogP contribution in [0.1, 0.15) is 18.1 Å². The molecule has 2 N–H and O–H groups in total. The lowest BCUT2D eigenvalue weighted by atomic mass is 10.1. The van der Waals surface area contributed by atoms with Crippen molar-refractivity contribution in [2.24, 2.45) is 5.73 Å². The number of nitrogens with two attached hydrogens (primary N) is 1. The molecule has 0 bridgehead atoms. The van der Waals surface area contributed by atoms with Gasteiger partial charge in [0.15, 0.2) is 0 Å². The van der Waals surface area contributed by atoms with Crippen LogP contribution in [0.2, 0.25) is 0 Å². The normalized spacial score (nSPS) is 11.6. The van der Waals surface area contributed by atoms with Crippen LogP contribution in [0.5, 0.6) is 0 Å². The Morgan fingerprint density at radius 2 is 1.82 bits per heavy atom. The molecule has 0 aliphatic heterocycles. The summed E-state index contributed by atoms with van der Waals surface area (Å²) in [6, 6.07) is 8.33. The van der Waals surface area contributed by atoms with Crippen molar-refractivity contribution in [2.45, 2.75) is 13.8 Å². The Labute approximate surface area is 67.5 Å². The molecule has 0 heterocycles. The fraction of sp³-hybridized carbons (Fsp3) is 0.200. The molecule has 0 saturated heterocycles. The molecule has 58 valence electrons. The van der Waals surface area contributed by atoms with E-state index < -0.39 is 0 Å². The zero-order valence-corrected chi connectivity index (χ0v) is 6.96. The highest BCUT2D eigenvalue weighted by Crippen LogP contribution is 2.12. The second kappa shape index (κ2) is 3.24. The highest BCUT2D eigenvalue weighted by atomic mass is 14.5. The summed E-state index contributed by atoms with van der Waals surface area (Å²) in [6.45, 7) is 4.08. The number of rotatable bonds is 1. The van der Waals surface area contributed by atoms with E-state index in [0.29, 0.717) is 0 Å². The van der Waals surface area contributed by atoms with Gasteiger partial charge >= 0.3 is 0 Å². The van der Waals surface area contributed by atoms with E-state index in [0.717, 1.165) is 5.57 Å². The van der Waals surface area contributed by atoms with Crippen molar-refractivity contribution >= 4 is 5.57 Å². The number of aryl methyl sites for hydroxylation is 1. The Morgan fingerprint density at radius 1 is 1.27 bits per heavy atom. The first-order chi connectivity index (χ1) is 5.24. The van der Waals surface area contributed by atoms with Crippen LogP contribution in [0.3, 0.4) is 0 Å². The first kappa shape index (κ1) is 7.86. The molecule has 1 aromatic rings. The molecule has 1 aromatic carbocycles. The molecule has 11 heavy (non-hydrogen) atoms. The van der Waals surface area contributed by atoms with Gasteiger partial charge in [-0.1, -0.05) is 29.8 Å². The maximum absolute atomic E-state index is 5.38. The standard InChI is InChI=1S/C10H13N/c1-8-3-5-10(6-4-8)9(2)7-11/h3-7H,11H2,1-2H3/b9-7+. The summed E-state index contributed by atoms with van der Waals surface area (Å²) in [6.07, 6.45) is 1.63. The first-order valence-corrected chi connectivity index (χ1v) is 3.69. The fourth-order valence-corrected chi connectivity index (χ4v) is 0.913. The molecule has 0 unspecified atom stereocenters. The maximum Gasteiger partial charge on any atom is -0.00265 e. The second-order valence-corrected chi connectivity index (χ2v) is 2.72. The highest BCUT2D eigenvalue weighted by Gasteiger charge is 1.91. The smallest absolute Gasteiger partial charge is 0.00265 e. The SMILES string of the molecule is C/C(=C\N)c1ccc(C)cc1. The Balaban J connectivity index is 2.99. The topological polar surface area (TPSA) is 26.0 Å². The van der Waals surface area contributed by atoms with Crippen LogP contribution >= 0.6 is 0 Å². The van der Waals surface area contributed by atoms with Crippen molar-refractivity contribution in [3.8, 4) is 0 Å². The molecule has 0 saturated carbocycles. The van der Waals surface area contributed by atoms with E-state index in [2.05, 4.69) is 31.2 Å². The van der Waals surface area contributed by atoms with E-state index in [-0.39, 0.29) is 0 Å². The molecule has 0 amide bonds. The van der Waals surface area contributed by atoms with Gasteiger partial charge in [0.1, 0.15) is 0 Å². The average Bonchev–Trinajstić information content (AvgIpc) is 2.05. The number of allylic oxidation sites excluding steroid dienone is 1. The molecule has 0 radical (unpaired) electrons. The zero-order valence-electron chi connectivity index (χ0n) is 6.96. The molecular formula is C10H13N. The van der Waals surface area contributed by atoms with Crippen LogP contribution in [0.25, 0.3) is 5.57 Å². The van der Waals surface area contributed by atoms with Gasteiger partial charge in [-0.05, 0) is 31.2 Å². The minimum Gasteiger partial charge on any atom is -0.404 e. The fourth-order valence-electron chi connectivity index (χ4n) is 0.913. The molecule has 0 aliphatic rings. The predicted octanol–water partition coefficient (Wildman–Crippen LogP) is 2.31. The second-order valence-electron chi connectivity index (χ2n) is 2.72. The monoisotopic (exact) mass is 147 g/mol. The van der Waals surface area contributed by atoms with Gasteiger partial charge in [-0.3, -0.25) is 0 Å². The van der Waals surface area contributed by atoms with Gasteiger partial charge in [-0.15, -0.1) is 0 Å². The van der Waals surface area contributed by atoms with Crippen LogP contribution in [-0.4, -0.2) is 0 Å².